The largest absolute Gasteiger partial charge is 0.433 e. The normalized spacial score (nSPS) is 10.8. The molecule has 0 radical (unpaired) electrons. The Morgan fingerprint density at radius 1 is 1.26 bits per heavy atom. The van der Waals surface area contributed by atoms with Crippen molar-refractivity contribution in [2.24, 2.45) is 5.10 Å². The summed E-state index contributed by atoms with van der Waals surface area (Å²) in [7, 11) is 0. The molecule has 1 N–H and O–H groups in total. The molecule has 6 nitrogen and oxygen atoms in total. The van der Waals surface area contributed by atoms with Gasteiger partial charge in [0.25, 0.3) is 0 Å². The maximum absolute atomic E-state index is 10.4. The van der Waals surface area contributed by atoms with Crippen molar-refractivity contribution in [3.8, 4) is 0 Å². The molecule has 2 rings (SSSR count). The van der Waals surface area contributed by atoms with Crippen LogP contribution in [-0.2, 0) is 0 Å². The van der Waals surface area contributed by atoms with Gasteiger partial charge in [-0.3, -0.25) is 15.5 Å². The summed E-state index contributed by atoms with van der Waals surface area (Å²) >= 11 is 11.8. The maximum Gasteiger partial charge on any atom is 0.433 e. The highest BCUT2D eigenvalue weighted by Gasteiger charge is 2.10. The second-order valence-corrected chi connectivity index (χ2v) is 4.21. The van der Waals surface area contributed by atoms with Gasteiger partial charge in [0.05, 0.1) is 28.0 Å². The Labute approximate surface area is 117 Å². The van der Waals surface area contributed by atoms with Crippen LogP contribution in [0, 0.1) is 10.1 Å². The summed E-state index contributed by atoms with van der Waals surface area (Å²) in [6.45, 7) is 0. The second kappa shape index (κ2) is 5.73. The van der Waals surface area contributed by atoms with Crippen LogP contribution in [0.3, 0.4) is 0 Å². The molecule has 98 valence electrons. The molecule has 8 heteroatoms. The molecule has 0 aliphatic rings. The van der Waals surface area contributed by atoms with Crippen molar-refractivity contribution in [1.82, 2.24) is 0 Å². The van der Waals surface area contributed by atoms with Gasteiger partial charge < -0.3 is 4.42 Å². The van der Waals surface area contributed by atoms with Crippen molar-refractivity contribution in [2.45, 2.75) is 0 Å². The van der Waals surface area contributed by atoms with Crippen LogP contribution in [0.2, 0.25) is 10.0 Å². The van der Waals surface area contributed by atoms with Crippen molar-refractivity contribution in [1.29, 1.82) is 0 Å². The van der Waals surface area contributed by atoms with E-state index in [0.717, 1.165) is 0 Å². The van der Waals surface area contributed by atoms with E-state index in [1.165, 1.54) is 18.3 Å². The molecule has 0 spiro atoms. The van der Waals surface area contributed by atoms with E-state index in [1.54, 1.807) is 18.2 Å². The molecule has 0 saturated heterocycles. The first-order chi connectivity index (χ1) is 9.08. The predicted octanol–water partition coefficient (Wildman–Crippen LogP) is 3.94. The lowest BCUT2D eigenvalue weighted by Crippen LogP contribution is -1.91. The molecule has 0 aliphatic carbocycles. The van der Waals surface area contributed by atoms with Crippen molar-refractivity contribution >= 4 is 41.0 Å². The number of hydrogen-bond acceptors (Lipinski definition) is 5. The van der Waals surface area contributed by atoms with E-state index in [4.69, 9.17) is 27.6 Å². The molecule has 19 heavy (non-hydrogen) atoms. The van der Waals surface area contributed by atoms with Crippen molar-refractivity contribution in [2.75, 3.05) is 5.43 Å². The molecule has 0 unspecified atom stereocenters. The van der Waals surface area contributed by atoms with E-state index in [2.05, 4.69) is 10.5 Å². The molecule has 0 bridgehead atoms. The van der Waals surface area contributed by atoms with Gasteiger partial charge in [-0.15, -0.1) is 0 Å². The van der Waals surface area contributed by atoms with E-state index < -0.39 is 4.92 Å². The third-order valence-corrected chi connectivity index (χ3v) is 2.75. The zero-order valence-electron chi connectivity index (χ0n) is 9.34. The van der Waals surface area contributed by atoms with Gasteiger partial charge in [-0.1, -0.05) is 29.3 Å². The number of halogens is 2. The lowest BCUT2D eigenvalue weighted by Gasteiger charge is -2.04. The number of para-hydroxylation sites is 1. The SMILES string of the molecule is O=[N+]([O-])c1ccc(/C=N/Nc2c(Cl)cccc2Cl)o1. The van der Waals surface area contributed by atoms with Crippen molar-refractivity contribution in [3.63, 3.8) is 0 Å². The van der Waals surface area contributed by atoms with Gasteiger partial charge in [0.2, 0.25) is 0 Å². The van der Waals surface area contributed by atoms with Gasteiger partial charge in [-0.05, 0) is 18.2 Å². The monoisotopic (exact) mass is 299 g/mol. The van der Waals surface area contributed by atoms with Gasteiger partial charge in [0, 0.05) is 0 Å². The highest BCUT2D eigenvalue weighted by atomic mass is 35.5. The Kier molecular flexibility index (Phi) is 4.03. The number of benzene rings is 1. The standard InChI is InChI=1S/C11H7Cl2N3O3/c12-8-2-1-3-9(13)11(8)15-14-6-7-4-5-10(19-7)16(17)18/h1-6,15H/b14-6+. The van der Waals surface area contributed by atoms with Gasteiger partial charge in [0.1, 0.15) is 4.92 Å². The Morgan fingerprint density at radius 2 is 1.95 bits per heavy atom. The molecule has 2 aromatic rings. The smallest absolute Gasteiger partial charge is 0.400 e. The fourth-order valence-corrected chi connectivity index (χ4v) is 1.76. The number of nitrogens with zero attached hydrogens (tertiary/aromatic N) is 2. The second-order valence-electron chi connectivity index (χ2n) is 3.40. The van der Waals surface area contributed by atoms with Crippen molar-refractivity contribution < 1.29 is 9.34 Å². The molecule has 1 heterocycles. The van der Waals surface area contributed by atoms with Gasteiger partial charge in [-0.25, -0.2) is 0 Å². The maximum atomic E-state index is 10.4. The summed E-state index contributed by atoms with van der Waals surface area (Å²) in [6, 6.07) is 7.68. The number of hydrazone groups is 1. The first-order valence-corrected chi connectivity index (χ1v) is 5.81. The van der Waals surface area contributed by atoms with Crippen LogP contribution in [0.25, 0.3) is 0 Å². The van der Waals surface area contributed by atoms with Crippen LogP contribution in [0.4, 0.5) is 11.6 Å². The van der Waals surface area contributed by atoms with Crippen molar-refractivity contribution in [3.05, 3.63) is 56.3 Å². The third kappa shape index (κ3) is 3.24. The van der Waals surface area contributed by atoms with E-state index in [-0.39, 0.29) is 11.6 Å². The minimum Gasteiger partial charge on any atom is -0.400 e. The topological polar surface area (TPSA) is 80.7 Å². The highest BCUT2D eigenvalue weighted by Crippen LogP contribution is 2.29. The molecule has 0 atom stereocenters. The number of hydrogen-bond donors (Lipinski definition) is 1. The van der Waals surface area contributed by atoms with Crippen LogP contribution in [-0.4, -0.2) is 11.1 Å². The van der Waals surface area contributed by atoms with E-state index in [9.17, 15) is 10.1 Å². The number of rotatable bonds is 4. The van der Waals surface area contributed by atoms with Crippen LogP contribution in [0.5, 0.6) is 0 Å². The first-order valence-electron chi connectivity index (χ1n) is 5.05. The summed E-state index contributed by atoms with van der Waals surface area (Å²) < 4.78 is 4.89. The van der Waals surface area contributed by atoms with E-state index in [1.807, 2.05) is 0 Å². The Hall–Kier alpha value is -2.05. The zero-order chi connectivity index (χ0) is 13.8. The highest BCUT2D eigenvalue weighted by molar-refractivity contribution is 6.39. The van der Waals surface area contributed by atoms with Crippen LogP contribution in [0.15, 0.2) is 39.9 Å². The average Bonchev–Trinajstić information content (AvgIpc) is 2.82. The van der Waals surface area contributed by atoms with Gasteiger partial charge in [0.15, 0.2) is 5.76 Å². The number of anilines is 1. The number of furan rings is 1. The molecular formula is C11H7Cl2N3O3. The lowest BCUT2D eigenvalue weighted by molar-refractivity contribution is -0.402. The Morgan fingerprint density at radius 3 is 2.53 bits per heavy atom. The Bertz CT molecular complexity index is 620. The van der Waals surface area contributed by atoms with E-state index >= 15 is 0 Å². The summed E-state index contributed by atoms with van der Waals surface area (Å²) in [5.74, 6) is -0.111. The molecule has 0 amide bonds. The molecule has 1 aromatic heterocycles. The minimum absolute atomic E-state index is 0.238. The summed E-state index contributed by atoms with van der Waals surface area (Å²) in [5.41, 5.74) is 3.09. The Balaban J connectivity index is 2.09. The van der Waals surface area contributed by atoms with E-state index in [0.29, 0.717) is 15.7 Å². The predicted molar refractivity (Wildman–Crippen MR) is 73.0 cm³/mol. The molecule has 0 fully saturated rings. The fraction of sp³-hybridized carbons (Fsp3) is 0. The first kappa shape index (κ1) is 13.4. The van der Waals surface area contributed by atoms with Crippen LogP contribution < -0.4 is 5.43 Å². The number of nitro groups is 1. The number of nitrogens with one attached hydrogen (secondary N) is 1. The molecule has 0 aliphatic heterocycles. The minimum atomic E-state index is -0.629. The third-order valence-electron chi connectivity index (χ3n) is 2.12. The molecule has 1 aromatic carbocycles. The summed E-state index contributed by atoms with van der Waals surface area (Å²) in [4.78, 5) is 9.79. The zero-order valence-corrected chi connectivity index (χ0v) is 10.9. The fourth-order valence-electron chi connectivity index (χ4n) is 1.27. The quantitative estimate of drug-likeness (QED) is 0.527. The lowest BCUT2D eigenvalue weighted by atomic mass is 10.3. The summed E-state index contributed by atoms with van der Waals surface area (Å²) in [6.07, 6.45) is 1.28. The van der Waals surface area contributed by atoms with Gasteiger partial charge >= 0.3 is 5.88 Å². The van der Waals surface area contributed by atoms with Gasteiger partial charge in [-0.2, -0.15) is 5.10 Å². The van der Waals surface area contributed by atoms with Crippen LogP contribution in [0.1, 0.15) is 5.76 Å². The average molecular weight is 300 g/mol. The molecule has 0 saturated carbocycles. The van der Waals surface area contributed by atoms with Crippen LogP contribution >= 0.6 is 23.2 Å². The summed E-state index contributed by atoms with van der Waals surface area (Å²) in [5, 5.41) is 15.1. The molecular weight excluding hydrogens is 293 g/mol.